The molecule has 0 saturated heterocycles. The molecule has 23 heavy (non-hydrogen) atoms. The van der Waals surface area contributed by atoms with E-state index in [1.54, 1.807) is 6.08 Å². The Morgan fingerprint density at radius 3 is 2.83 bits per heavy atom. The number of phenolic OH excluding ortho intramolecular Hbond substituents is 1. The molecular weight excluding hydrogens is 312 g/mol. The van der Waals surface area contributed by atoms with Gasteiger partial charge in [-0.3, -0.25) is 0 Å². The number of carboxylic acids is 1. The van der Waals surface area contributed by atoms with Gasteiger partial charge in [-0.15, -0.1) is 0 Å². The maximum atomic E-state index is 11.5. The third-order valence-corrected chi connectivity index (χ3v) is 6.36. The molecule has 4 nitrogen and oxygen atoms in total. The Labute approximate surface area is 138 Å². The average Bonchev–Trinajstić information content (AvgIpc) is 2.79. The van der Waals surface area contributed by atoms with E-state index in [2.05, 4.69) is 0 Å². The fourth-order valence-electron chi connectivity index (χ4n) is 3.79. The molecule has 0 amide bonds. The highest BCUT2D eigenvalue weighted by Crippen LogP contribution is 2.51. The van der Waals surface area contributed by atoms with Crippen LogP contribution < -0.4 is 0 Å². The number of carbonyl (C=O) groups is 1. The third kappa shape index (κ3) is 2.30. The van der Waals surface area contributed by atoms with Crippen molar-refractivity contribution in [1.82, 2.24) is 0 Å². The largest absolute Gasteiger partial charge is 0.506 e. The maximum absolute atomic E-state index is 11.5. The molecule has 0 unspecified atom stereocenters. The van der Waals surface area contributed by atoms with E-state index in [-0.39, 0.29) is 5.75 Å². The zero-order valence-corrected chi connectivity index (χ0v) is 13.4. The van der Waals surface area contributed by atoms with E-state index < -0.39 is 12.1 Å². The number of allylic oxidation sites excluding steroid dienone is 2. The second kappa shape index (κ2) is 5.42. The first-order chi connectivity index (χ1) is 11.1. The number of aliphatic carboxylic acids is 1. The summed E-state index contributed by atoms with van der Waals surface area (Å²) in [7, 11) is 0. The summed E-state index contributed by atoms with van der Waals surface area (Å²) in [6.45, 7) is 0. The summed E-state index contributed by atoms with van der Waals surface area (Å²) >= 11 is 1.39. The Hall–Kier alpha value is -1.72. The quantitative estimate of drug-likeness (QED) is 0.735. The number of rotatable bonds is 1. The molecule has 0 saturated carbocycles. The van der Waals surface area contributed by atoms with E-state index in [0.717, 1.165) is 52.2 Å². The fraction of sp³-hybridized carbons (Fsp3) is 0.389. The molecule has 1 aromatic rings. The zero-order valence-electron chi connectivity index (χ0n) is 12.6. The highest BCUT2D eigenvalue weighted by molar-refractivity contribution is 8.03. The minimum Gasteiger partial charge on any atom is -0.506 e. The van der Waals surface area contributed by atoms with Crippen LogP contribution in [0.2, 0.25) is 0 Å². The first kappa shape index (κ1) is 14.8. The highest BCUT2D eigenvalue weighted by Gasteiger charge is 2.31. The lowest BCUT2D eigenvalue weighted by Crippen LogP contribution is -2.07. The Morgan fingerprint density at radius 1 is 1.22 bits per heavy atom. The summed E-state index contributed by atoms with van der Waals surface area (Å²) in [5.74, 6) is -0.660. The first-order valence-electron chi connectivity index (χ1n) is 7.95. The molecular formula is C18H18O4S. The van der Waals surface area contributed by atoms with Crippen LogP contribution in [0.1, 0.15) is 48.5 Å². The number of hydrogen-bond donors (Lipinski definition) is 3. The number of aliphatic hydroxyl groups is 1. The van der Waals surface area contributed by atoms with Gasteiger partial charge in [-0.1, -0.05) is 29.5 Å². The van der Waals surface area contributed by atoms with E-state index in [9.17, 15) is 20.1 Å². The van der Waals surface area contributed by atoms with Gasteiger partial charge in [-0.05, 0) is 49.7 Å². The number of phenols is 1. The number of benzene rings is 1. The van der Waals surface area contributed by atoms with E-state index in [0.29, 0.717) is 18.4 Å². The molecule has 0 spiro atoms. The Bertz CT molecular complexity index is 776. The standard InChI is InChI=1S/C18H18O4S/c19-14-7-6-11-13(14)8-10-5-4-9-2-1-3-12(18(21)22)16(9)23-17(10)15(11)20/h3,8,14,19-20H,1-2,4-7H2,(H,21,22)/t14-/m1/s1. The van der Waals surface area contributed by atoms with Gasteiger partial charge in [0.1, 0.15) is 5.75 Å². The molecule has 0 aromatic heterocycles. The normalized spacial score (nSPS) is 22.8. The van der Waals surface area contributed by atoms with Crippen LogP contribution in [-0.4, -0.2) is 21.3 Å². The number of aryl methyl sites for hydroxylation is 1. The van der Waals surface area contributed by atoms with Crippen molar-refractivity contribution in [2.75, 3.05) is 0 Å². The molecule has 1 aliphatic heterocycles. The predicted octanol–water partition coefficient (Wildman–Crippen LogP) is 3.47. The molecule has 1 atom stereocenters. The third-order valence-electron chi connectivity index (χ3n) is 4.99. The van der Waals surface area contributed by atoms with Crippen molar-refractivity contribution in [1.29, 1.82) is 0 Å². The van der Waals surface area contributed by atoms with E-state index in [1.165, 1.54) is 17.3 Å². The monoisotopic (exact) mass is 330 g/mol. The van der Waals surface area contributed by atoms with Crippen LogP contribution in [0.5, 0.6) is 5.75 Å². The van der Waals surface area contributed by atoms with Crippen LogP contribution in [0.25, 0.3) is 0 Å². The fourth-order valence-corrected chi connectivity index (χ4v) is 5.13. The minimum absolute atomic E-state index is 0.239. The van der Waals surface area contributed by atoms with Gasteiger partial charge in [0.25, 0.3) is 0 Å². The van der Waals surface area contributed by atoms with Crippen molar-refractivity contribution in [3.63, 3.8) is 0 Å². The van der Waals surface area contributed by atoms with E-state index >= 15 is 0 Å². The van der Waals surface area contributed by atoms with E-state index in [4.69, 9.17) is 0 Å². The predicted molar refractivity (Wildman–Crippen MR) is 87.5 cm³/mol. The second-order valence-electron chi connectivity index (χ2n) is 6.33. The highest BCUT2D eigenvalue weighted by atomic mass is 32.2. The maximum Gasteiger partial charge on any atom is 0.336 e. The molecule has 1 aromatic carbocycles. The Kier molecular flexibility index (Phi) is 3.50. The number of aliphatic hydroxyl groups excluding tert-OH is 1. The van der Waals surface area contributed by atoms with Crippen molar-refractivity contribution < 1.29 is 20.1 Å². The van der Waals surface area contributed by atoms with Crippen molar-refractivity contribution in [3.05, 3.63) is 44.9 Å². The van der Waals surface area contributed by atoms with Crippen LogP contribution >= 0.6 is 11.8 Å². The number of aromatic hydroxyl groups is 1. The summed E-state index contributed by atoms with van der Waals surface area (Å²) < 4.78 is 0. The van der Waals surface area contributed by atoms with Crippen LogP contribution in [0.3, 0.4) is 0 Å². The molecule has 1 heterocycles. The van der Waals surface area contributed by atoms with Crippen LogP contribution in [0, 0.1) is 0 Å². The number of fused-ring (bicyclic) bond motifs is 2. The number of carboxylic acid groups (broad SMARTS) is 1. The van der Waals surface area contributed by atoms with Gasteiger partial charge in [0.15, 0.2) is 0 Å². The minimum atomic E-state index is -0.899. The molecule has 0 bridgehead atoms. The van der Waals surface area contributed by atoms with Crippen molar-refractivity contribution >= 4 is 17.7 Å². The van der Waals surface area contributed by atoms with Gasteiger partial charge in [0.05, 0.1) is 16.6 Å². The second-order valence-corrected chi connectivity index (χ2v) is 7.35. The average molecular weight is 330 g/mol. The zero-order chi connectivity index (χ0) is 16.1. The molecule has 3 N–H and O–H groups in total. The molecule has 0 fully saturated rings. The van der Waals surface area contributed by atoms with Gasteiger partial charge in [0.2, 0.25) is 0 Å². The van der Waals surface area contributed by atoms with Gasteiger partial charge in [0, 0.05) is 10.5 Å². The van der Waals surface area contributed by atoms with Crippen molar-refractivity contribution in [3.8, 4) is 5.75 Å². The van der Waals surface area contributed by atoms with Gasteiger partial charge < -0.3 is 15.3 Å². The summed E-state index contributed by atoms with van der Waals surface area (Å²) in [5.41, 5.74) is 4.22. The van der Waals surface area contributed by atoms with Crippen LogP contribution in [-0.2, 0) is 17.6 Å². The van der Waals surface area contributed by atoms with E-state index in [1.807, 2.05) is 6.07 Å². The van der Waals surface area contributed by atoms with Gasteiger partial charge in [-0.2, -0.15) is 0 Å². The summed E-state index contributed by atoms with van der Waals surface area (Å²) in [4.78, 5) is 13.1. The SMILES string of the molecule is O=C(O)C1=CCCC2=C1Sc1c(cc3c(c1O)CC[C@H]3O)CC2. The molecule has 4 rings (SSSR count). The van der Waals surface area contributed by atoms with Crippen molar-refractivity contribution in [2.45, 2.75) is 49.5 Å². The lowest BCUT2D eigenvalue weighted by Gasteiger charge is -2.18. The number of thioether (sulfide) groups is 1. The molecule has 5 heteroatoms. The first-order valence-corrected chi connectivity index (χ1v) is 8.77. The number of hydrogen-bond acceptors (Lipinski definition) is 4. The van der Waals surface area contributed by atoms with Gasteiger partial charge >= 0.3 is 5.97 Å². The lowest BCUT2D eigenvalue weighted by molar-refractivity contribution is -0.132. The Morgan fingerprint density at radius 2 is 2.04 bits per heavy atom. The molecule has 2 aliphatic carbocycles. The summed E-state index contributed by atoms with van der Waals surface area (Å²) in [6.07, 6.45) is 5.85. The molecule has 3 aliphatic rings. The lowest BCUT2D eigenvalue weighted by atomic mass is 9.93. The molecule has 120 valence electrons. The topological polar surface area (TPSA) is 77.8 Å². The van der Waals surface area contributed by atoms with Crippen LogP contribution in [0.4, 0.5) is 0 Å². The van der Waals surface area contributed by atoms with Gasteiger partial charge in [-0.25, -0.2) is 4.79 Å². The van der Waals surface area contributed by atoms with Crippen molar-refractivity contribution in [2.24, 2.45) is 0 Å². The molecule has 0 radical (unpaired) electrons. The smallest absolute Gasteiger partial charge is 0.336 e. The summed E-state index contributed by atoms with van der Waals surface area (Å²) in [5, 5.41) is 30.2. The van der Waals surface area contributed by atoms with Crippen LogP contribution in [0.15, 0.2) is 33.1 Å². The Balaban J connectivity index is 1.82. The summed E-state index contributed by atoms with van der Waals surface area (Å²) in [6, 6.07) is 2.01.